The zero-order chi connectivity index (χ0) is 13.1. The van der Waals surface area contributed by atoms with Crippen molar-refractivity contribution in [1.29, 1.82) is 0 Å². The standard InChI is InChI=1S/C12H14F3IN2.2ClH/c13-10-2-1-8(16)7-9(10)11(12(14)15)18-5-3-17-4-6-18;;/h1-2,7,11-12,17H,3-6H2;2*1H/t11-;;/m1../s1. The molecule has 0 spiro atoms. The Balaban J connectivity index is 0.00000180. The van der Waals surface area contributed by atoms with Gasteiger partial charge < -0.3 is 5.32 Å². The molecule has 116 valence electrons. The number of nitrogens with zero attached hydrogens (tertiary/aromatic N) is 1. The second kappa shape index (κ2) is 9.30. The van der Waals surface area contributed by atoms with Crippen molar-refractivity contribution in [3.8, 4) is 0 Å². The van der Waals surface area contributed by atoms with Gasteiger partial charge in [-0.3, -0.25) is 4.90 Å². The van der Waals surface area contributed by atoms with Crippen molar-refractivity contribution in [1.82, 2.24) is 10.2 Å². The third-order valence-corrected chi connectivity index (χ3v) is 3.73. The molecular formula is C12H16Cl2F3IN2. The van der Waals surface area contributed by atoms with Crippen molar-refractivity contribution in [2.75, 3.05) is 26.2 Å². The quantitative estimate of drug-likeness (QED) is 0.721. The van der Waals surface area contributed by atoms with Crippen LogP contribution in [0.15, 0.2) is 18.2 Å². The van der Waals surface area contributed by atoms with Gasteiger partial charge in [0.2, 0.25) is 0 Å². The van der Waals surface area contributed by atoms with Crippen LogP contribution in [0.1, 0.15) is 11.6 Å². The van der Waals surface area contributed by atoms with Gasteiger partial charge in [-0.05, 0) is 40.8 Å². The Labute approximate surface area is 142 Å². The van der Waals surface area contributed by atoms with Crippen LogP contribution < -0.4 is 5.32 Å². The summed E-state index contributed by atoms with van der Waals surface area (Å²) in [5.41, 5.74) is 0.0961. The number of rotatable bonds is 3. The van der Waals surface area contributed by atoms with Crippen LogP contribution in [-0.4, -0.2) is 37.5 Å². The van der Waals surface area contributed by atoms with Crippen LogP contribution in [0.25, 0.3) is 0 Å². The molecule has 20 heavy (non-hydrogen) atoms. The lowest BCUT2D eigenvalue weighted by atomic mass is 10.0. The molecule has 2 nitrogen and oxygen atoms in total. The summed E-state index contributed by atoms with van der Waals surface area (Å²) in [5.74, 6) is -0.556. The van der Waals surface area contributed by atoms with Crippen molar-refractivity contribution in [2.24, 2.45) is 0 Å². The average molecular weight is 443 g/mol. The molecule has 0 saturated carbocycles. The Morgan fingerprint density at radius 2 is 1.75 bits per heavy atom. The first-order valence-electron chi connectivity index (χ1n) is 5.77. The zero-order valence-electron chi connectivity index (χ0n) is 10.5. The van der Waals surface area contributed by atoms with E-state index in [0.29, 0.717) is 26.2 Å². The van der Waals surface area contributed by atoms with Gasteiger partial charge in [0.25, 0.3) is 6.43 Å². The molecular weight excluding hydrogens is 427 g/mol. The third-order valence-electron chi connectivity index (χ3n) is 3.06. The summed E-state index contributed by atoms with van der Waals surface area (Å²) in [7, 11) is 0. The Hall–Kier alpha value is 0.240. The lowest BCUT2D eigenvalue weighted by Crippen LogP contribution is -2.47. The molecule has 1 saturated heterocycles. The Bertz CT molecular complexity index is 418. The highest BCUT2D eigenvalue weighted by molar-refractivity contribution is 14.1. The largest absolute Gasteiger partial charge is 0.314 e. The van der Waals surface area contributed by atoms with Crippen molar-refractivity contribution in [3.63, 3.8) is 0 Å². The summed E-state index contributed by atoms with van der Waals surface area (Å²) in [6.07, 6.45) is -2.59. The van der Waals surface area contributed by atoms with E-state index in [1.807, 2.05) is 22.6 Å². The fourth-order valence-electron chi connectivity index (χ4n) is 2.19. The number of hydrogen-bond acceptors (Lipinski definition) is 2. The van der Waals surface area contributed by atoms with Gasteiger partial charge in [0.15, 0.2) is 0 Å². The topological polar surface area (TPSA) is 15.3 Å². The fourth-order valence-corrected chi connectivity index (χ4v) is 2.71. The van der Waals surface area contributed by atoms with Gasteiger partial charge >= 0.3 is 0 Å². The van der Waals surface area contributed by atoms with Gasteiger partial charge in [-0.2, -0.15) is 0 Å². The molecule has 1 aliphatic rings. The van der Waals surface area contributed by atoms with E-state index in [4.69, 9.17) is 0 Å². The normalized spacial score (nSPS) is 17.2. The molecule has 0 unspecified atom stereocenters. The predicted molar refractivity (Wildman–Crippen MR) is 86.8 cm³/mol. The summed E-state index contributed by atoms with van der Waals surface area (Å²) in [6.45, 7) is 2.35. The van der Waals surface area contributed by atoms with E-state index in [0.717, 1.165) is 3.57 Å². The van der Waals surface area contributed by atoms with Crippen LogP contribution in [0.3, 0.4) is 0 Å². The van der Waals surface area contributed by atoms with E-state index < -0.39 is 18.3 Å². The molecule has 0 aromatic heterocycles. The Morgan fingerprint density at radius 3 is 2.30 bits per heavy atom. The van der Waals surface area contributed by atoms with Crippen molar-refractivity contribution < 1.29 is 13.2 Å². The summed E-state index contributed by atoms with van der Waals surface area (Å²) >= 11 is 2.01. The predicted octanol–water partition coefficient (Wildman–Crippen LogP) is 3.49. The molecule has 0 radical (unpaired) electrons. The van der Waals surface area contributed by atoms with Crippen molar-refractivity contribution in [2.45, 2.75) is 12.5 Å². The molecule has 0 aliphatic carbocycles. The monoisotopic (exact) mass is 442 g/mol. The van der Waals surface area contributed by atoms with Crippen molar-refractivity contribution >= 4 is 47.4 Å². The van der Waals surface area contributed by atoms with E-state index in [9.17, 15) is 13.2 Å². The van der Waals surface area contributed by atoms with Crippen molar-refractivity contribution in [3.05, 3.63) is 33.1 Å². The van der Waals surface area contributed by atoms with Crippen LogP contribution >= 0.6 is 47.4 Å². The molecule has 0 bridgehead atoms. The SMILES string of the molecule is Cl.Cl.Fc1ccc(I)cc1[C@H](C(F)F)N1CCNCC1. The third kappa shape index (κ3) is 4.91. The molecule has 8 heteroatoms. The minimum absolute atomic E-state index is 0. The number of benzene rings is 1. The molecule has 1 aromatic rings. The molecule has 1 N–H and O–H groups in total. The highest BCUT2D eigenvalue weighted by Crippen LogP contribution is 2.30. The van der Waals surface area contributed by atoms with Crippen LogP contribution in [0.2, 0.25) is 0 Å². The zero-order valence-corrected chi connectivity index (χ0v) is 14.3. The molecule has 1 heterocycles. The Kier molecular flexibility index (Phi) is 9.41. The van der Waals surface area contributed by atoms with E-state index in [1.54, 1.807) is 11.0 Å². The van der Waals surface area contributed by atoms with E-state index in [1.165, 1.54) is 12.1 Å². The lowest BCUT2D eigenvalue weighted by molar-refractivity contribution is 0.0164. The highest BCUT2D eigenvalue weighted by Gasteiger charge is 2.32. The second-order valence-corrected chi connectivity index (χ2v) is 5.48. The maximum Gasteiger partial charge on any atom is 0.258 e. The highest BCUT2D eigenvalue weighted by atomic mass is 127. The van der Waals surface area contributed by atoms with Crippen LogP contribution in [0.4, 0.5) is 13.2 Å². The lowest BCUT2D eigenvalue weighted by Gasteiger charge is -2.34. The van der Waals surface area contributed by atoms with Gasteiger partial charge in [0, 0.05) is 35.3 Å². The number of halogens is 6. The molecule has 1 fully saturated rings. The van der Waals surface area contributed by atoms with Gasteiger partial charge in [0.05, 0.1) is 6.04 Å². The molecule has 0 amide bonds. The van der Waals surface area contributed by atoms with E-state index >= 15 is 0 Å². The first kappa shape index (κ1) is 20.2. The number of hydrogen-bond donors (Lipinski definition) is 1. The minimum Gasteiger partial charge on any atom is -0.314 e. The summed E-state index contributed by atoms with van der Waals surface area (Å²) < 4.78 is 41.0. The maximum absolute atomic E-state index is 13.8. The number of nitrogens with one attached hydrogen (secondary N) is 1. The number of piperazine rings is 1. The van der Waals surface area contributed by atoms with Crippen LogP contribution in [0, 0.1) is 9.39 Å². The number of alkyl halides is 2. The summed E-state index contributed by atoms with van der Waals surface area (Å²) in [5, 5.41) is 3.10. The molecule has 1 aliphatic heterocycles. The molecule has 2 rings (SSSR count). The minimum atomic E-state index is -2.59. The molecule has 1 aromatic carbocycles. The summed E-state index contributed by atoms with van der Waals surface area (Å²) in [6, 6.07) is 3.20. The van der Waals surface area contributed by atoms with E-state index in [2.05, 4.69) is 5.32 Å². The smallest absolute Gasteiger partial charge is 0.258 e. The van der Waals surface area contributed by atoms with E-state index in [-0.39, 0.29) is 30.4 Å². The van der Waals surface area contributed by atoms with Gasteiger partial charge in [-0.15, -0.1) is 24.8 Å². The fraction of sp³-hybridized carbons (Fsp3) is 0.500. The van der Waals surface area contributed by atoms with Crippen LogP contribution in [-0.2, 0) is 0 Å². The van der Waals surface area contributed by atoms with Gasteiger partial charge in [0.1, 0.15) is 5.82 Å². The average Bonchev–Trinajstić information content (AvgIpc) is 2.35. The van der Waals surface area contributed by atoms with Crippen LogP contribution in [0.5, 0.6) is 0 Å². The first-order valence-corrected chi connectivity index (χ1v) is 6.85. The second-order valence-electron chi connectivity index (χ2n) is 4.23. The Morgan fingerprint density at radius 1 is 1.15 bits per heavy atom. The molecule has 1 atom stereocenters. The summed E-state index contributed by atoms with van der Waals surface area (Å²) in [4.78, 5) is 1.65. The maximum atomic E-state index is 13.8. The first-order chi connectivity index (χ1) is 8.59. The van der Waals surface area contributed by atoms with Gasteiger partial charge in [-0.1, -0.05) is 0 Å². The van der Waals surface area contributed by atoms with Gasteiger partial charge in [-0.25, -0.2) is 13.2 Å².